The van der Waals surface area contributed by atoms with Crippen molar-refractivity contribution in [2.24, 2.45) is 0 Å². The molecule has 1 N–H and O–H groups in total. The summed E-state index contributed by atoms with van der Waals surface area (Å²) in [6, 6.07) is 5.38. The first-order valence-corrected chi connectivity index (χ1v) is 5.85. The molecule has 0 fully saturated rings. The summed E-state index contributed by atoms with van der Waals surface area (Å²) < 4.78 is 27.7. The number of nitrogens with zero attached hydrogens (tertiary/aromatic N) is 2. The van der Waals surface area contributed by atoms with Crippen molar-refractivity contribution >= 4 is 0 Å². The van der Waals surface area contributed by atoms with Gasteiger partial charge in [-0.05, 0) is 30.3 Å². The largest absolute Gasteiger partial charge is 0.311 e. The molecule has 1 heterocycles. The Morgan fingerprint density at radius 2 is 1.94 bits per heavy atom. The standard InChI is InChI=1S/C13H15F2N3/c1-2-16-8-13-3-4-18(17-13)9-10-5-11(14)7-12(15)6-10/h3-7,16H,2,8-9H2,1H3. The Morgan fingerprint density at radius 3 is 2.61 bits per heavy atom. The van der Waals surface area contributed by atoms with Crippen LogP contribution in [0.15, 0.2) is 30.5 Å². The molecule has 0 saturated heterocycles. The normalized spacial score (nSPS) is 10.8. The zero-order valence-corrected chi connectivity index (χ0v) is 10.2. The number of halogens is 2. The van der Waals surface area contributed by atoms with Gasteiger partial charge in [0.2, 0.25) is 0 Å². The molecule has 0 spiro atoms. The van der Waals surface area contributed by atoms with E-state index in [-0.39, 0.29) is 0 Å². The third kappa shape index (κ3) is 3.37. The maximum atomic E-state index is 13.0. The van der Waals surface area contributed by atoms with Crippen LogP contribution in [0.2, 0.25) is 0 Å². The molecule has 0 amide bonds. The molecular formula is C13H15F2N3. The van der Waals surface area contributed by atoms with Crippen LogP contribution >= 0.6 is 0 Å². The molecule has 0 saturated carbocycles. The van der Waals surface area contributed by atoms with Gasteiger partial charge in [-0.3, -0.25) is 4.68 Å². The lowest BCUT2D eigenvalue weighted by atomic mass is 10.2. The maximum Gasteiger partial charge on any atom is 0.126 e. The second-order valence-electron chi connectivity index (χ2n) is 4.06. The van der Waals surface area contributed by atoms with Crippen molar-refractivity contribution in [3.8, 4) is 0 Å². The van der Waals surface area contributed by atoms with Gasteiger partial charge >= 0.3 is 0 Å². The Bertz CT molecular complexity index is 502. The summed E-state index contributed by atoms with van der Waals surface area (Å²) in [6.07, 6.45) is 1.80. The van der Waals surface area contributed by atoms with E-state index < -0.39 is 11.6 Å². The predicted octanol–water partition coefficient (Wildman–Crippen LogP) is 2.32. The average molecular weight is 251 g/mol. The van der Waals surface area contributed by atoms with Crippen molar-refractivity contribution in [3.63, 3.8) is 0 Å². The quantitative estimate of drug-likeness (QED) is 0.883. The van der Waals surface area contributed by atoms with E-state index in [1.54, 1.807) is 10.9 Å². The van der Waals surface area contributed by atoms with E-state index in [4.69, 9.17) is 0 Å². The Balaban J connectivity index is 2.06. The fraction of sp³-hybridized carbons (Fsp3) is 0.308. The number of rotatable bonds is 5. The molecule has 0 radical (unpaired) electrons. The molecule has 0 bridgehead atoms. The number of nitrogens with one attached hydrogen (secondary N) is 1. The SMILES string of the molecule is CCNCc1ccn(Cc2cc(F)cc(F)c2)n1. The van der Waals surface area contributed by atoms with E-state index >= 15 is 0 Å². The molecule has 0 atom stereocenters. The van der Waals surface area contributed by atoms with E-state index in [2.05, 4.69) is 10.4 Å². The average Bonchev–Trinajstić information content (AvgIpc) is 2.72. The van der Waals surface area contributed by atoms with Gasteiger partial charge in [0, 0.05) is 18.8 Å². The monoisotopic (exact) mass is 251 g/mol. The van der Waals surface area contributed by atoms with Crippen molar-refractivity contribution in [2.45, 2.75) is 20.0 Å². The molecule has 1 aromatic heterocycles. The highest BCUT2D eigenvalue weighted by atomic mass is 19.1. The third-order valence-corrected chi connectivity index (χ3v) is 2.52. The van der Waals surface area contributed by atoms with Gasteiger partial charge in [0.15, 0.2) is 0 Å². The van der Waals surface area contributed by atoms with Crippen molar-refractivity contribution in [1.82, 2.24) is 15.1 Å². The zero-order valence-electron chi connectivity index (χ0n) is 10.2. The van der Waals surface area contributed by atoms with Crippen LogP contribution in [0.1, 0.15) is 18.2 Å². The van der Waals surface area contributed by atoms with E-state index in [1.165, 1.54) is 12.1 Å². The van der Waals surface area contributed by atoms with Gasteiger partial charge in [0.05, 0.1) is 12.2 Å². The number of hydrogen-bond donors (Lipinski definition) is 1. The van der Waals surface area contributed by atoms with Crippen LogP contribution in [-0.2, 0) is 13.1 Å². The minimum Gasteiger partial charge on any atom is -0.311 e. The summed E-state index contributed by atoms with van der Waals surface area (Å²) in [6.45, 7) is 3.95. The lowest BCUT2D eigenvalue weighted by molar-refractivity contribution is 0.573. The molecule has 0 aliphatic carbocycles. The molecule has 2 rings (SSSR count). The Morgan fingerprint density at radius 1 is 1.22 bits per heavy atom. The van der Waals surface area contributed by atoms with Crippen LogP contribution in [0.25, 0.3) is 0 Å². The van der Waals surface area contributed by atoms with E-state index in [0.717, 1.165) is 18.3 Å². The van der Waals surface area contributed by atoms with Crippen LogP contribution in [0, 0.1) is 11.6 Å². The predicted molar refractivity (Wildman–Crippen MR) is 65.1 cm³/mol. The molecule has 0 aliphatic rings. The summed E-state index contributed by atoms with van der Waals surface area (Å²) in [5.41, 5.74) is 1.47. The van der Waals surface area contributed by atoms with Gasteiger partial charge in [-0.15, -0.1) is 0 Å². The highest BCUT2D eigenvalue weighted by Gasteiger charge is 2.03. The van der Waals surface area contributed by atoms with E-state index in [1.807, 2.05) is 13.0 Å². The van der Waals surface area contributed by atoms with Crippen LogP contribution in [-0.4, -0.2) is 16.3 Å². The molecule has 2 aromatic rings. The first-order valence-electron chi connectivity index (χ1n) is 5.85. The minimum atomic E-state index is -0.565. The second kappa shape index (κ2) is 5.73. The molecule has 1 aromatic carbocycles. The van der Waals surface area contributed by atoms with Gasteiger partial charge in [-0.2, -0.15) is 5.10 Å². The molecule has 96 valence electrons. The number of aromatic nitrogens is 2. The van der Waals surface area contributed by atoms with Gasteiger partial charge in [0.25, 0.3) is 0 Å². The van der Waals surface area contributed by atoms with Gasteiger partial charge in [0.1, 0.15) is 11.6 Å². The summed E-state index contributed by atoms with van der Waals surface area (Å²) in [4.78, 5) is 0. The van der Waals surface area contributed by atoms with Crippen molar-refractivity contribution in [3.05, 3.63) is 53.4 Å². The fourth-order valence-corrected chi connectivity index (χ4v) is 1.73. The number of hydrogen-bond acceptors (Lipinski definition) is 2. The second-order valence-corrected chi connectivity index (χ2v) is 4.06. The molecule has 18 heavy (non-hydrogen) atoms. The van der Waals surface area contributed by atoms with Crippen molar-refractivity contribution in [1.29, 1.82) is 0 Å². The minimum absolute atomic E-state index is 0.362. The Kier molecular flexibility index (Phi) is 4.04. The van der Waals surface area contributed by atoms with Crippen LogP contribution in [0.3, 0.4) is 0 Å². The van der Waals surface area contributed by atoms with Crippen molar-refractivity contribution < 1.29 is 8.78 Å². The summed E-state index contributed by atoms with van der Waals surface area (Å²) >= 11 is 0. The zero-order chi connectivity index (χ0) is 13.0. The third-order valence-electron chi connectivity index (χ3n) is 2.52. The fourth-order valence-electron chi connectivity index (χ4n) is 1.73. The summed E-state index contributed by atoms with van der Waals surface area (Å²) in [5.74, 6) is -1.13. The van der Waals surface area contributed by atoms with Gasteiger partial charge in [-0.25, -0.2) is 8.78 Å². The lowest BCUT2D eigenvalue weighted by Gasteiger charge is -2.03. The highest BCUT2D eigenvalue weighted by Crippen LogP contribution is 2.09. The summed E-state index contributed by atoms with van der Waals surface area (Å²) in [7, 11) is 0. The van der Waals surface area contributed by atoms with Crippen LogP contribution in [0.5, 0.6) is 0 Å². The van der Waals surface area contributed by atoms with Crippen LogP contribution in [0.4, 0.5) is 8.78 Å². The highest BCUT2D eigenvalue weighted by molar-refractivity contribution is 5.18. The molecule has 5 heteroatoms. The van der Waals surface area contributed by atoms with Crippen molar-refractivity contribution in [2.75, 3.05) is 6.54 Å². The van der Waals surface area contributed by atoms with Gasteiger partial charge in [-0.1, -0.05) is 6.92 Å². The topological polar surface area (TPSA) is 29.9 Å². The summed E-state index contributed by atoms with van der Waals surface area (Å²) in [5, 5.41) is 7.48. The molecular weight excluding hydrogens is 236 g/mol. The molecule has 0 unspecified atom stereocenters. The maximum absolute atomic E-state index is 13.0. The Hall–Kier alpha value is -1.75. The van der Waals surface area contributed by atoms with E-state index in [9.17, 15) is 8.78 Å². The first-order chi connectivity index (χ1) is 8.67. The van der Waals surface area contributed by atoms with Crippen LogP contribution < -0.4 is 5.32 Å². The Labute approximate surface area is 104 Å². The lowest BCUT2D eigenvalue weighted by Crippen LogP contribution is -2.12. The molecule has 0 aliphatic heterocycles. The smallest absolute Gasteiger partial charge is 0.126 e. The first kappa shape index (κ1) is 12.7. The van der Waals surface area contributed by atoms with E-state index in [0.29, 0.717) is 18.7 Å². The van der Waals surface area contributed by atoms with Gasteiger partial charge < -0.3 is 5.32 Å². The number of benzene rings is 1. The molecule has 3 nitrogen and oxygen atoms in total.